The van der Waals surface area contributed by atoms with Crippen LogP contribution in [0.4, 0.5) is 5.95 Å². The average Bonchev–Trinajstić information content (AvgIpc) is 2.98. The first-order valence-electron chi connectivity index (χ1n) is 7.69. The van der Waals surface area contributed by atoms with E-state index >= 15 is 0 Å². The Morgan fingerprint density at radius 3 is 2.54 bits per heavy atom. The number of methoxy groups -OCH3 is 1. The van der Waals surface area contributed by atoms with Crippen molar-refractivity contribution in [2.24, 2.45) is 0 Å². The number of rotatable bonds is 5. The molecular formula is C19H19N3O2. The average molecular weight is 321 g/mol. The van der Waals surface area contributed by atoms with Gasteiger partial charge in [0.25, 0.3) is 0 Å². The number of nitrogens with one attached hydrogen (secondary N) is 1. The Morgan fingerprint density at radius 1 is 1.12 bits per heavy atom. The van der Waals surface area contributed by atoms with Crippen LogP contribution in [0.3, 0.4) is 0 Å². The molecule has 0 saturated carbocycles. The van der Waals surface area contributed by atoms with Crippen molar-refractivity contribution in [1.82, 2.24) is 9.55 Å². The molecule has 0 aliphatic rings. The third-order valence-corrected chi connectivity index (χ3v) is 3.67. The second-order valence-corrected chi connectivity index (χ2v) is 5.44. The smallest absolute Gasteiger partial charge is 0.223 e. The molecule has 0 fully saturated rings. The lowest BCUT2D eigenvalue weighted by molar-refractivity contribution is -0.114. The van der Waals surface area contributed by atoms with E-state index in [1.54, 1.807) is 7.11 Å². The van der Waals surface area contributed by atoms with Gasteiger partial charge in [0.05, 0.1) is 19.3 Å². The van der Waals surface area contributed by atoms with Crippen LogP contribution in [0.1, 0.15) is 12.5 Å². The number of benzene rings is 2. The van der Waals surface area contributed by atoms with Crippen LogP contribution in [-0.2, 0) is 11.3 Å². The molecule has 0 radical (unpaired) electrons. The van der Waals surface area contributed by atoms with E-state index in [1.807, 2.05) is 65.4 Å². The summed E-state index contributed by atoms with van der Waals surface area (Å²) in [6, 6.07) is 17.7. The summed E-state index contributed by atoms with van der Waals surface area (Å²) >= 11 is 0. The Bertz CT molecular complexity index is 841. The summed E-state index contributed by atoms with van der Waals surface area (Å²) in [6.07, 6.45) is 1.94. The van der Waals surface area contributed by atoms with Gasteiger partial charge in [-0.2, -0.15) is 0 Å². The van der Waals surface area contributed by atoms with Gasteiger partial charge >= 0.3 is 0 Å². The molecule has 1 aromatic heterocycles. The van der Waals surface area contributed by atoms with E-state index in [4.69, 9.17) is 4.74 Å². The molecule has 0 unspecified atom stereocenters. The fourth-order valence-corrected chi connectivity index (χ4v) is 2.56. The molecule has 1 heterocycles. The second-order valence-electron chi connectivity index (χ2n) is 5.44. The molecular weight excluding hydrogens is 302 g/mol. The number of para-hydroxylation sites is 1. The van der Waals surface area contributed by atoms with E-state index in [0.29, 0.717) is 12.5 Å². The maximum absolute atomic E-state index is 11.5. The molecule has 0 atom stereocenters. The largest absolute Gasteiger partial charge is 0.496 e. The highest BCUT2D eigenvalue weighted by Gasteiger charge is 2.12. The lowest BCUT2D eigenvalue weighted by atomic mass is 10.2. The highest BCUT2D eigenvalue weighted by molar-refractivity contribution is 5.87. The number of hydrogen-bond donors (Lipinski definition) is 1. The van der Waals surface area contributed by atoms with E-state index < -0.39 is 0 Å². The third kappa shape index (κ3) is 3.46. The van der Waals surface area contributed by atoms with Gasteiger partial charge in [-0.25, -0.2) is 4.98 Å². The number of ether oxygens (including phenoxy) is 1. The normalized spacial score (nSPS) is 10.4. The second kappa shape index (κ2) is 7.00. The molecule has 1 N–H and O–H groups in total. The number of imidazole rings is 1. The Balaban J connectivity index is 1.99. The van der Waals surface area contributed by atoms with Crippen molar-refractivity contribution < 1.29 is 9.53 Å². The van der Waals surface area contributed by atoms with E-state index in [1.165, 1.54) is 6.92 Å². The number of hydrogen-bond acceptors (Lipinski definition) is 3. The van der Waals surface area contributed by atoms with Gasteiger partial charge in [0.15, 0.2) is 0 Å². The summed E-state index contributed by atoms with van der Waals surface area (Å²) in [5.74, 6) is 1.18. The number of nitrogens with zero attached hydrogens (tertiary/aromatic N) is 2. The lowest BCUT2D eigenvalue weighted by Gasteiger charge is -2.11. The zero-order valence-corrected chi connectivity index (χ0v) is 13.7. The summed E-state index contributed by atoms with van der Waals surface area (Å²) in [5, 5.41) is 2.79. The first kappa shape index (κ1) is 15.8. The summed E-state index contributed by atoms with van der Waals surface area (Å²) in [6.45, 7) is 2.03. The van der Waals surface area contributed by atoms with Crippen LogP contribution in [0.5, 0.6) is 5.75 Å². The predicted octanol–water partition coefficient (Wildman–Crippen LogP) is 3.57. The topological polar surface area (TPSA) is 56.1 Å². The van der Waals surface area contributed by atoms with Crippen molar-refractivity contribution in [3.63, 3.8) is 0 Å². The molecule has 5 heteroatoms. The minimum absolute atomic E-state index is 0.151. The van der Waals surface area contributed by atoms with E-state index in [-0.39, 0.29) is 5.91 Å². The van der Waals surface area contributed by atoms with Crippen LogP contribution in [0.25, 0.3) is 11.3 Å². The highest BCUT2D eigenvalue weighted by Crippen LogP contribution is 2.24. The Kier molecular flexibility index (Phi) is 4.61. The number of carbonyl (C=O) groups excluding carboxylic acids is 1. The van der Waals surface area contributed by atoms with Gasteiger partial charge in [0.1, 0.15) is 5.75 Å². The van der Waals surface area contributed by atoms with E-state index in [2.05, 4.69) is 10.3 Å². The Hall–Kier alpha value is -3.08. The summed E-state index contributed by atoms with van der Waals surface area (Å²) in [5.41, 5.74) is 2.83. The SMILES string of the molecule is COc1ccccc1Cn1cc(-c2ccccc2)nc1NC(C)=O. The van der Waals surface area contributed by atoms with Crippen molar-refractivity contribution in [3.8, 4) is 17.0 Å². The fraction of sp³-hybridized carbons (Fsp3) is 0.158. The summed E-state index contributed by atoms with van der Waals surface area (Å²) < 4.78 is 7.33. The summed E-state index contributed by atoms with van der Waals surface area (Å²) in [4.78, 5) is 16.1. The van der Waals surface area contributed by atoms with Crippen molar-refractivity contribution in [1.29, 1.82) is 0 Å². The summed E-state index contributed by atoms with van der Waals surface area (Å²) in [7, 11) is 1.65. The molecule has 5 nitrogen and oxygen atoms in total. The van der Waals surface area contributed by atoms with Crippen molar-refractivity contribution in [2.75, 3.05) is 12.4 Å². The van der Waals surface area contributed by atoms with Gasteiger partial charge in [-0.05, 0) is 6.07 Å². The fourth-order valence-electron chi connectivity index (χ4n) is 2.56. The van der Waals surface area contributed by atoms with E-state index in [9.17, 15) is 4.79 Å². The maximum Gasteiger partial charge on any atom is 0.223 e. The molecule has 3 rings (SSSR count). The Morgan fingerprint density at radius 2 is 1.83 bits per heavy atom. The van der Waals surface area contributed by atoms with Gasteiger partial charge in [-0.1, -0.05) is 48.5 Å². The molecule has 0 aliphatic heterocycles. The lowest BCUT2D eigenvalue weighted by Crippen LogP contribution is -2.12. The third-order valence-electron chi connectivity index (χ3n) is 3.67. The van der Waals surface area contributed by atoms with Gasteiger partial charge in [-0.15, -0.1) is 0 Å². The standard InChI is InChI=1S/C19H19N3O2/c1-14(23)20-19-21-17(15-8-4-3-5-9-15)13-22(19)12-16-10-6-7-11-18(16)24-2/h3-11,13H,12H2,1-2H3,(H,20,21,23). The molecule has 0 saturated heterocycles. The quantitative estimate of drug-likeness (QED) is 0.781. The van der Waals surface area contributed by atoms with Gasteiger partial charge in [0.2, 0.25) is 11.9 Å². The van der Waals surface area contributed by atoms with Crippen LogP contribution in [0, 0.1) is 0 Å². The van der Waals surface area contributed by atoms with Crippen LogP contribution >= 0.6 is 0 Å². The van der Waals surface area contributed by atoms with E-state index in [0.717, 1.165) is 22.6 Å². The predicted molar refractivity (Wildman–Crippen MR) is 94.1 cm³/mol. The molecule has 2 aromatic carbocycles. The molecule has 24 heavy (non-hydrogen) atoms. The number of aromatic nitrogens is 2. The number of carbonyl (C=O) groups is 1. The maximum atomic E-state index is 11.5. The monoisotopic (exact) mass is 321 g/mol. The molecule has 1 amide bonds. The van der Waals surface area contributed by atoms with Crippen LogP contribution < -0.4 is 10.1 Å². The van der Waals surface area contributed by atoms with Crippen molar-refractivity contribution in [2.45, 2.75) is 13.5 Å². The first-order chi connectivity index (χ1) is 11.7. The zero-order valence-electron chi connectivity index (χ0n) is 13.7. The van der Waals surface area contributed by atoms with Crippen molar-refractivity contribution >= 4 is 11.9 Å². The molecule has 0 spiro atoms. The molecule has 0 aliphatic carbocycles. The van der Waals surface area contributed by atoms with Crippen LogP contribution in [-0.4, -0.2) is 22.6 Å². The minimum atomic E-state index is -0.151. The van der Waals surface area contributed by atoms with Gasteiger partial charge < -0.3 is 9.30 Å². The first-order valence-corrected chi connectivity index (χ1v) is 7.69. The van der Waals surface area contributed by atoms with Gasteiger partial charge in [-0.3, -0.25) is 10.1 Å². The van der Waals surface area contributed by atoms with Crippen molar-refractivity contribution in [3.05, 3.63) is 66.4 Å². The van der Waals surface area contributed by atoms with Gasteiger partial charge in [0, 0.05) is 24.2 Å². The molecule has 122 valence electrons. The molecule has 0 bridgehead atoms. The van der Waals surface area contributed by atoms with Crippen LogP contribution in [0.2, 0.25) is 0 Å². The number of amides is 1. The Labute approximate surface area is 140 Å². The molecule has 3 aromatic rings. The zero-order chi connectivity index (χ0) is 16.9. The highest BCUT2D eigenvalue weighted by atomic mass is 16.5. The number of anilines is 1. The van der Waals surface area contributed by atoms with Crippen LogP contribution in [0.15, 0.2) is 60.8 Å². The minimum Gasteiger partial charge on any atom is -0.496 e.